The average molecular weight is 457 g/mol. The van der Waals surface area contributed by atoms with Crippen molar-refractivity contribution >= 4 is 23.2 Å². The second kappa shape index (κ2) is 10.3. The maximum atomic E-state index is 13.6. The van der Waals surface area contributed by atoms with Crippen molar-refractivity contribution in [1.82, 2.24) is 9.80 Å². The molecule has 2 amide bonds. The van der Waals surface area contributed by atoms with Crippen molar-refractivity contribution in [1.29, 1.82) is 0 Å². The quantitative estimate of drug-likeness (QED) is 0.546. The Bertz CT molecular complexity index is 970. The number of hydrogen-bond donors (Lipinski definition) is 0. The smallest absolute Gasteiger partial charge is 0.242 e. The topological polar surface area (TPSA) is 49.9 Å². The van der Waals surface area contributed by atoms with Crippen molar-refractivity contribution in [2.75, 3.05) is 26.2 Å². The summed E-state index contributed by atoms with van der Waals surface area (Å²) in [6, 6.07) is 7.79. The van der Waals surface area contributed by atoms with Crippen LogP contribution in [0.25, 0.3) is 0 Å². The van der Waals surface area contributed by atoms with Gasteiger partial charge in [0.25, 0.3) is 0 Å². The lowest BCUT2D eigenvalue weighted by Crippen LogP contribution is -2.48. The van der Waals surface area contributed by atoms with Crippen LogP contribution in [-0.4, -0.2) is 47.9 Å². The third-order valence-electron chi connectivity index (χ3n) is 6.31. The minimum absolute atomic E-state index is 0.0136. The van der Waals surface area contributed by atoms with Gasteiger partial charge in [0.2, 0.25) is 11.8 Å². The van der Waals surface area contributed by atoms with Gasteiger partial charge in [-0.2, -0.15) is 0 Å². The lowest BCUT2D eigenvalue weighted by atomic mass is 10.00. The molecule has 1 atom stereocenters. The second-order valence-corrected chi connectivity index (χ2v) is 9.41. The first-order valence-corrected chi connectivity index (χ1v) is 12.1. The van der Waals surface area contributed by atoms with E-state index in [9.17, 15) is 14.0 Å². The van der Waals surface area contributed by atoms with Crippen LogP contribution in [0.4, 0.5) is 4.39 Å². The first-order valence-electron chi connectivity index (χ1n) is 11.2. The molecule has 1 aromatic carbocycles. The molecule has 1 fully saturated rings. The van der Waals surface area contributed by atoms with Crippen molar-refractivity contribution in [3.8, 4) is 5.75 Å². The highest BCUT2D eigenvalue weighted by Gasteiger charge is 2.34. The molecule has 0 bridgehead atoms. The molecule has 0 saturated heterocycles. The third kappa shape index (κ3) is 5.04. The van der Waals surface area contributed by atoms with Gasteiger partial charge in [-0.05, 0) is 48.4 Å². The van der Waals surface area contributed by atoms with Gasteiger partial charge in [0.1, 0.15) is 24.7 Å². The van der Waals surface area contributed by atoms with E-state index in [0.717, 1.165) is 37.7 Å². The lowest BCUT2D eigenvalue weighted by molar-refractivity contribution is -0.144. The van der Waals surface area contributed by atoms with E-state index in [1.54, 1.807) is 34.4 Å². The summed E-state index contributed by atoms with van der Waals surface area (Å²) in [4.78, 5) is 31.1. The zero-order valence-electron chi connectivity index (χ0n) is 18.2. The van der Waals surface area contributed by atoms with E-state index < -0.39 is 0 Å². The van der Waals surface area contributed by atoms with Crippen LogP contribution >= 0.6 is 11.3 Å². The molecule has 32 heavy (non-hydrogen) atoms. The monoisotopic (exact) mass is 456 g/mol. The molecule has 2 aliphatic rings. The van der Waals surface area contributed by atoms with Gasteiger partial charge in [0.15, 0.2) is 0 Å². The predicted octanol–water partition coefficient (Wildman–Crippen LogP) is 4.60. The molecule has 2 aromatic rings. The molecule has 7 heteroatoms. The Labute approximate surface area is 192 Å². The zero-order valence-corrected chi connectivity index (χ0v) is 19.0. The van der Waals surface area contributed by atoms with Crippen molar-refractivity contribution in [3.05, 3.63) is 64.6 Å². The second-order valence-electron chi connectivity index (χ2n) is 8.41. The highest BCUT2D eigenvalue weighted by Crippen LogP contribution is 2.34. The Hall–Kier alpha value is -2.67. The predicted molar refractivity (Wildman–Crippen MR) is 123 cm³/mol. The summed E-state index contributed by atoms with van der Waals surface area (Å²) in [7, 11) is 0. The van der Waals surface area contributed by atoms with Gasteiger partial charge < -0.3 is 14.5 Å². The molecule has 4 rings (SSSR count). The number of carbonyl (C=O) groups excluding carboxylic acids is 2. The first kappa shape index (κ1) is 22.5. The molecule has 5 nitrogen and oxygen atoms in total. The number of benzene rings is 1. The Morgan fingerprint density at radius 1 is 1.28 bits per heavy atom. The van der Waals surface area contributed by atoms with Gasteiger partial charge in [-0.1, -0.05) is 25.0 Å². The van der Waals surface area contributed by atoms with Gasteiger partial charge in [-0.25, -0.2) is 4.39 Å². The molecule has 1 aliphatic carbocycles. The van der Waals surface area contributed by atoms with E-state index >= 15 is 0 Å². The molecule has 1 aliphatic heterocycles. The third-order valence-corrected chi connectivity index (χ3v) is 7.31. The van der Waals surface area contributed by atoms with Crippen molar-refractivity contribution in [2.24, 2.45) is 5.92 Å². The van der Waals surface area contributed by atoms with Crippen LogP contribution in [0.1, 0.15) is 42.2 Å². The van der Waals surface area contributed by atoms with Gasteiger partial charge in [0, 0.05) is 30.0 Å². The van der Waals surface area contributed by atoms with Crippen molar-refractivity contribution < 1.29 is 18.7 Å². The van der Waals surface area contributed by atoms with Crippen LogP contribution in [0, 0.1) is 11.7 Å². The van der Waals surface area contributed by atoms with Gasteiger partial charge in [-0.3, -0.25) is 9.59 Å². The number of carbonyl (C=O) groups is 2. The Morgan fingerprint density at radius 2 is 2.09 bits per heavy atom. The number of thiophene rings is 1. The minimum atomic E-state index is -0.360. The number of nitrogens with zero attached hydrogens (tertiary/aromatic N) is 2. The van der Waals surface area contributed by atoms with Crippen LogP contribution in [0.3, 0.4) is 0 Å². The van der Waals surface area contributed by atoms with Crippen LogP contribution in [-0.2, 0) is 16.0 Å². The molecule has 0 spiro atoms. The SMILES string of the molecule is C=CCN(CC(=O)N1CCc2sccc2C1COc1cccc(F)c1)C(=O)C1CCCC1. The summed E-state index contributed by atoms with van der Waals surface area (Å²) >= 11 is 1.68. The maximum absolute atomic E-state index is 13.6. The molecule has 0 N–H and O–H groups in total. The van der Waals surface area contributed by atoms with E-state index in [1.807, 2.05) is 16.3 Å². The van der Waals surface area contributed by atoms with Crippen LogP contribution < -0.4 is 4.74 Å². The summed E-state index contributed by atoms with van der Waals surface area (Å²) in [6.45, 7) is 4.98. The van der Waals surface area contributed by atoms with E-state index in [4.69, 9.17) is 4.74 Å². The molecule has 0 radical (unpaired) electrons. The standard InChI is InChI=1S/C25H29FN2O3S/c1-2-12-27(25(30)18-6-3-4-7-18)16-24(29)28-13-10-23-21(11-14-32-23)22(28)17-31-20-9-5-8-19(26)15-20/h2,5,8-9,11,14-15,18,22H,1,3-4,6-7,10,12-13,16-17H2. The molecule has 170 valence electrons. The molecule has 1 unspecified atom stereocenters. The lowest BCUT2D eigenvalue weighted by Gasteiger charge is -2.37. The molecule has 1 aromatic heterocycles. The normalized spacial score (nSPS) is 18.3. The summed E-state index contributed by atoms with van der Waals surface area (Å²) in [6.07, 6.45) is 6.39. The highest BCUT2D eigenvalue weighted by molar-refractivity contribution is 7.10. The fourth-order valence-electron chi connectivity index (χ4n) is 4.68. The van der Waals surface area contributed by atoms with Crippen molar-refractivity contribution in [2.45, 2.75) is 38.1 Å². The van der Waals surface area contributed by atoms with E-state index in [1.165, 1.54) is 17.0 Å². The van der Waals surface area contributed by atoms with Crippen LogP contribution in [0.2, 0.25) is 0 Å². The average Bonchev–Trinajstić information content (AvgIpc) is 3.48. The highest BCUT2D eigenvalue weighted by atomic mass is 32.1. The van der Waals surface area contributed by atoms with Crippen LogP contribution in [0.15, 0.2) is 48.4 Å². The van der Waals surface area contributed by atoms with E-state index in [2.05, 4.69) is 6.58 Å². The first-order chi connectivity index (χ1) is 15.6. The van der Waals surface area contributed by atoms with Crippen molar-refractivity contribution in [3.63, 3.8) is 0 Å². The van der Waals surface area contributed by atoms with Crippen LogP contribution in [0.5, 0.6) is 5.75 Å². The zero-order chi connectivity index (χ0) is 22.5. The summed E-state index contributed by atoms with van der Waals surface area (Å²) in [5, 5.41) is 2.03. The Balaban J connectivity index is 1.49. The number of amides is 2. The summed E-state index contributed by atoms with van der Waals surface area (Å²) < 4.78 is 19.4. The maximum Gasteiger partial charge on any atom is 0.242 e. The fourth-order valence-corrected chi connectivity index (χ4v) is 5.61. The number of hydrogen-bond acceptors (Lipinski definition) is 4. The van der Waals surface area contributed by atoms with Gasteiger partial charge in [-0.15, -0.1) is 17.9 Å². The Kier molecular flexibility index (Phi) is 7.25. The van der Waals surface area contributed by atoms with Gasteiger partial charge >= 0.3 is 0 Å². The minimum Gasteiger partial charge on any atom is -0.491 e. The number of halogens is 1. The number of rotatable bonds is 8. The molecular formula is C25H29FN2O3S. The molecular weight excluding hydrogens is 427 g/mol. The largest absolute Gasteiger partial charge is 0.491 e. The molecule has 2 heterocycles. The van der Waals surface area contributed by atoms with E-state index in [-0.39, 0.29) is 42.7 Å². The van der Waals surface area contributed by atoms with E-state index in [0.29, 0.717) is 18.8 Å². The van der Waals surface area contributed by atoms with Gasteiger partial charge in [0.05, 0.1) is 6.04 Å². The summed E-state index contributed by atoms with van der Waals surface area (Å²) in [5.41, 5.74) is 1.07. The number of ether oxygens (including phenoxy) is 1. The Morgan fingerprint density at radius 3 is 2.84 bits per heavy atom. The summed E-state index contributed by atoms with van der Waals surface area (Å²) in [5.74, 6) is 0.0457. The fraction of sp³-hybridized carbons (Fsp3) is 0.440. The molecule has 1 saturated carbocycles. The number of fused-ring (bicyclic) bond motifs is 1.